The van der Waals surface area contributed by atoms with Gasteiger partial charge in [-0.3, -0.25) is 0 Å². The summed E-state index contributed by atoms with van der Waals surface area (Å²) in [4.78, 5) is 0. The van der Waals surface area contributed by atoms with Gasteiger partial charge in [0.25, 0.3) is 0 Å². The SMILES string of the molecule is C/C=C/CCCCCCOC1=CCCC=C1. The van der Waals surface area contributed by atoms with E-state index in [0.717, 1.165) is 25.2 Å². The lowest BCUT2D eigenvalue weighted by atomic mass is 10.1. The minimum atomic E-state index is 0.875. The van der Waals surface area contributed by atoms with Crippen LogP contribution in [0, 0.1) is 0 Å². The average Bonchev–Trinajstić information content (AvgIpc) is 2.34. The van der Waals surface area contributed by atoms with Crippen molar-refractivity contribution >= 4 is 0 Å². The second-order valence-electron chi connectivity index (χ2n) is 4.21. The lowest BCUT2D eigenvalue weighted by Crippen LogP contribution is -1.95. The van der Waals surface area contributed by atoms with Crippen molar-refractivity contribution in [2.45, 2.75) is 51.9 Å². The van der Waals surface area contributed by atoms with Crippen molar-refractivity contribution in [1.29, 1.82) is 0 Å². The lowest BCUT2D eigenvalue weighted by Gasteiger charge is -2.09. The summed E-state index contributed by atoms with van der Waals surface area (Å²) in [6.45, 7) is 2.96. The van der Waals surface area contributed by atoms with E-state index in [2.05, 4.69) is 37.3 Å². The normalized spacial score (nSPS) is 15.4. The van der Waals surface area contributed by atoms with Crippen molar-refractivity contribution in [3.05, 3.63) is 36.1 Å². The maximum atomic E-state index is 5.67. The highest BCUT2D eigenvalue weighted by molar-refractivity contribution is 5.15. The Bertz CT molecular complexity index is 248. The summed E-state index contributed by atoms with van der Waals surface area (Å²) in [5.74, 6) is 1.07. The Labute approximate surface area is 99.9 Å². The molecule has 1 heteroatoms. The van der Waals surface area contributed by atoms with E-state index in [1.54, 1.807) is 0 Å². The molecule has 0 saturated carbocycles. The van der Waals surface area contributed by atoms with Gasteiger partial charge in [-0.05, 0) is 51.2 Å². The predicted octanol–water partition coefficient (Wildman–Crippen LogP) is 4.76. The topological polar surface area (TPSA) is 9.23 Å². The maximum absolute atomic E-state index is 5.67. The van der Waals surface area contributed by atoms with Crippen LogP contribution < -0.4 is 0 Å². The Kier molecular flexibility index (Phi) is 7.57. The molecule has 0 fully saturated rings. The number of hydrogen-bond donors (Lipinski definition) is 0. The molecule has 0 amide bonds. The van der Waals surface area contributed by atoms with E-state index in [-0.39, 0.29) is 0 Å². The zero-order valence-electron chi connectivity index (χ0n) is 10.5. The van der Waals surface area contributed by atoms with Crippen molar-refractivity contribution < 1.29 is 4.74 Å². The fourth-order valence-electron chi connectivity index (χ4n) is 1.77. The Balaban J connectivity index is 1.88. The first-order chi connectivity index (χ1) is 7.93. The lowest BCUT2D eigenvalue weighted by molar-refractivity contribution is 0.215. The molecule has 0 N–H and O–H groups in total. The quantitative estimate of drug-likeness (QED) is 0.423. The number of rotatable bonds is 8. The van der Waals surface area contributed by atoms with Crippen LogP contribution in [0.15, 0.2) is 36.1 Å². The van der Waals surface area contributed by atoms with Crippen molar-refractivity contribution in [3.63, 3.8) is 0 Å². The Morgan fingerprint density at radius 3 is 2.81 bits per heavy atom. The third kappa shape index (κ3) is 6.49. The minimum Gasteiger partial charge on any atom is -0.494 e. The van der Waals surface area contributed by atoms with Gasteiger partial charge in [0.15, 0.2) is 0 Å². The molecule has 0 aromatic carbocycles. The summed E-state index contributed by atoms with van der Waals surface area (Å²) in [5.41, 5.74) is 0. The van der Waals surface area contributed by atoms with Gasteiger partial charge >= 0.3 is 0 Å². The number of ether oxygens (including phenoxy) is 1. The maximum Gasteiger partial charge on any atom is 0.114 e. The standard InChI is InChI=1S/C15H24O/c1-2-3-4-5-6-7-11-14-16-15-12-9-8-10-13-15/h2-3,9,12-13H,4-8,10-11,14H2,1H3/b3-2+. The van der Waals surface area contributed by atoms with Crippen molar-refractivity contribution in [2.24, 2.45) is 0 Å². The molecule has 0 aromatic heterocycles. The van der Waals surface area contributed by atoms with Gasteiger partial charge in [0.05, 0.1) is 6.61 Å². The zero-order chi connectivity index (χ0) is 11.5. The van der Waals surface area contributed by atoms with Gasteiger partial charge in [-0.2, -0.15) is 0 Å². The van der Waals surface area contributed by atoms with Crippen LogP contribution in [0.2, 0.25) is 0 Å². The zero-order valence-corrected chi connectivity index (χ0v) is 10.5. The molecule has 0 aromatic rings. The largest absolute Gasteiger partial charge is 0.494 e. The molecule has 0 radical (unpaired) electrons. The summed E-state index contributed by atoms with van der Waals surface area (Å²) >= 11 is 0. The molecule has 0 atom stereocenters. The molecule has 0 saturated heterocycles. The highest BCUT2D eigenvalue weighted by Gasteiger charge is 1.97. The second kappa shape index (κ2) is 9.26. The second-order valence-corrected chi connectivity index (χ2v) is 4.21. The van der Waals surface area contributed by atoms with Gasteiger partial charge in [-0.1, -0.05) is 31.1 Å². The van der Waals surface area contributed by atoms with Crippen LogP contribution in [-0.2, 0) is 4.74 Å². The van der Waals surface area contributed by atoms with E-state index in [0.29, 0.717) is 0 Å². The molecular formula is C15H24O. The van der Waals surface area contributed by atoms with Crippen LogP contribution in [0.3, 0.4) is 0 Å². The van der Waals surface area contributed by atoms with Crippen LogP contribution in [0.5, 0.6) is 0 Å². The van der Waals surface area contributed by atoms with E-state index in [1.807, 2.05) is 0 Å². The number of hydrogen-bond acceptors (Lipinski definition) is 1. The van der Waals surface area contributed by atoms with E-state index >= 15 is 0 Å². The molecule has 16 heavy (non-hydrogen) atoms. The Morgan fingerprint density at radius 2 is 2.06 bits per heavy atom. The third-order valence-corrected chi connectivity index (χ3v) is 2.73. The summed E-state index contributed by atoms with van der Waals surface area (Å²) in [5, 5.41) is 0. The summed E-state index contributed by atoms with van der Waals surface area (Å²) in [7, 11) is 0. The van der Waals surface area contributed by atoms with Crippen LogP contribution in [0.4, 0.5) is 0 Å². The van der Waals surface area contributed by atoms with Crippen LogP contribution in [0.1, 0.15) is 51.9 Å². The van der Waals surface area contributed by atoms with Crippen LogP contribution in [-0.4, -0.2) is 6.61 Å². The highest BCUT2D eigenvalue weighted by atomic mass is 16.5. The first-order valence-electron chi connectivity index (χ1n) is 6.54. The van der Waals surface area contributed by atoms with Gasteiger partial charge in [0, 0.05) is 0 Å². The minimum absolute atomic E-state index is 0.875. The molecule has 1 nitrogen and oxygen atoms in total. The van der Waals surface area contributed by atoms with Gasteiger partial charge in [-0.25, -0.2) is 0 Å². The van der Waals surface area contributed by atoms with E-state index in [1.165, 1.54) is 32.1 Å². The number of allylic oxidation sites excluding steroid dienone is 5. The van der Waals surface area contributed by atoms with Crippen molar-refractivity contribution in [1.82, 2.24) is 0 Å². The molecule has 0 aliphatic heterocycles. The highest BCUT2D eigenvalue weighted by Crippen LogP contribution is 2.12. The van der Waals surface area contributed by atoms with Crippen LogP contribution in [0.25, 0.3) is 0 Å². The summed E-state index contributed by atoms with van der Waals surface area (Å²) < 4.78 is 5.67. The Hall–Kier alpha value is -0.980. The van der Waals surface area contributed by atoms with Gasteiger partial charge < -0.3 is 4.74 Å². The van der Waals surface area contributed by atoms with E-state index in [4.69, 9.17) is 4.74 Å². The molecule has 1 rings (SSSR count). The molecule has 1 aliphatic carbocycles. The summed E-state index contributed by atoms with van der Waals surface area (Å²) in [6.07, 6.45) is 19.5. The molecule has 0 bridgehead atoms. The molecular weight excluding hydrogens is 196 g/mol. The molecule has 0 heterocycles. The predicted molar refractivity (Wildman–Crippen MR) is 70.3 cm³/mol. The number of unbranched alkanes of at least 4 members (excludes halogenated alkanes) is 4. The van der Waals surface area contributed by atoms with Crippen molar-refractivity contribution in [3.8, 4) is 0 Å². The van der Waals surface area contributed by atoms with Crippen molar-refractivity contribution in [2.75, 3.05) is 6.61 Å². The monoisotopic (exact) mass is 220 g/mol. The molecule has 90 valence electrons. The third-order valence-electron chi connectivity index (χ3n) is 2.73. The molecule has 1 aliphatic rings. The molecule has 0 spiro atoms. The average molecular weight is 220 g/mol. The van der Waals surface area contributed by atoms with Gasteiger partial charge in [0.2, 0.25) is 0 Å². The molecule has 0 unspecified atom stereocenters. The van der Waals surface area contributed by atoms with E-state index in [9.17, 15) is 0 Å². The van der Waals surface area contributed by atoms with Gasteiger partial charge in [0.1, 0.15) is 5.76 Å². The van der Waals surface area contributed by atoms with Crippen LogP contribution >= 0.6 is 0 Å². The smallest absolute Gasteiger partial charge is 0.114 e. The Morgan fingerprint density at radius 1 is 1.19 bits per heavy atom. The summed E-state index contributed by atoms with van der Waals surface area (Å²) in [6, 6.07) is 0. The fourth-order valence-corrected chi connectivity index (χ4v) is 1.77. The fraction of sp³-hybridized carbons (Fsp3) is 0.600. The van der Waals surface area contributed by atoms with E-state index < -0.39 is 0 Å². The van der Waals surface area contributed by atoms with Gasteiger partial charge in [-0.15, -0.1) is 0 Å². The first-order valence-corrected chi connectivity index (χ1v) is 6.54. The first kappa shape index (κ1) is 13.1.